The van der Waals surface area contributed by atoms with Crippen LogP contribution in [0.15, 0.2) is 50.5 Å². The molecule has 4 rings (SSSR count). The quantitative estimate of drug-likeness (QED) is 0.564. The molecule has 0 bridgehead atoms. The molecule has 0 spiro atoms. The van der Waals surface area contributed by atoms with Gasteiger partial charge < -0.3 is 18.9 Å². The van der Waals surface area contributed by atoms with Crippen molar-refractivity contribution in [3.05, 3.63) is 70.0 Å². The normalized spacial score (nSPS) is 14.2. The Morgan fingerprint density at radius 2 is 2.03 bits per heavy atom. The Bertz CT molecular complexity index is 1160. The summed E-state index contributed by atoms with van der Waals surface area (Å²) in [7, 11) is 1.51. The summed E-state index contributed by atoms with van der Waals surface area (Å²) in [6.07, 6.45) is 3.53. The minimum atomic E-state index is -0.447. The number of hydrogen-bond donors (Lipinski definition) is 2. The fourth-order valence-corrected chi connectivity index (χ4v) is 3.71. The summed E-state index contributed by atoms with van der Waals surface area (Å²) >= 11 is 6.05. The molecule has 160 valence electrons. The zero-order chi connectivity index (χ0) is 22.0. The van der Waals surface area contributed by atoms with Crippen molar-refractivity contribution in [1.82, 2.24) is 5.43 Å². The fraction of sp³-hybridized carbons (Fsp3) is 0.227. The van der Waals surface area contributed by atoms with Crippen LogP contribution in [0.1, 0.15) is 50.8 Å². The highest BCUT2D eigenvalue weighted by atomic mass is 35.5. The maximum Gasteiger partial charge on any atom is 0.307 e. The first-order valence-electron chi connectivity index (χ1n) is 9.66. The second-order valence-electron chi connectivity index (χ2n) is 6.98. The van der Waals surface area contributed by atoms with E-state index in [0.29, 0.717) is 46.3 Å². The van der Waals surface area contributed by atoms with Crippen molar-refractivity contribution in [1.29, 1.82) is 0 Å². The molecule has 1 aromatic carbocycles. The predicted molar refractivity (Wildman–Crippen MR) is 115 cm³/mol. The number of carbonyl (C=O) groups excluding carboxylic acids is 2. The Labute approximate surface area is 183 Å². The van der Waals surface area contributed by atoms with Gasteiger partial charge in [0, 0.05) is 22.6 Å². The number of fused-ring (bicyclic) bond motifs is 1. The highest BCUT2D eigenvalue weighted by molar-refractivity contribution is 6.31. The highest BCUT2D eigenvalue weighted by Crippen LogP contribution is 2.32. The number of benzene rings is 1. The Balaban J connectivity index is 1.59. The van der Waals surface area contributed by atoms with Crippen molar-refractivity contribution in [2.24, 2.45) is 5.10 Å². The van der Waals surface area contributed by atoms with E-state index in [1.807, 2.05) is 0 Å². The Morgan fingerprint density at radius 3 is 2.77 bits per heavy atom. The molecule has 0 aliphatic heterocycles. The van der Waals surface area contributed by atoms with E-state index >= 15 is 0 Å². The van der Waals surface area contributed by atoms with Crippen LogP contribution in [0.3, 0.4) is 0 Å². The lowest BCUT2D eigenvalue weighted by molar-refractivity contribution is 0.0926. The van der Waals surface area contributed by atoms with Crippen LogP contribution in [0.2, 0.25) is 5.02 Å². The summed E-state index contributed by atoms with van der Waals surface area (Å²) in [5.74, 6) is 0.620. The minimum absolute atomic E-state index is 0.167. The molecular formula is C22H20ClN3O5. The first-order valence-corrected chi connectivity index (χ1v) is 10.0. The van der Waals surface area contributed by atoms with Crippen molar-refractivity contribution in [3.8, 4) is 5.75 Å². The zero-order valence-electron chi connectivity index (χ0n) is 17.0. The zero-order valence-corrected chi connectivity index (χ0v) is 17.7. The topological polar surface area (TPSA) is 106 Å². The van der Waals surface area contributed by atoms with E-state index < -0.39 is 11.8 Å². The summed E-state index contributed by atoms with van der Waals surface area (Å²) in [6, 6.07) is 8.13. The number of furan rings is 2. The van der Waals surface area contributed by atoms with Gasteiger partial charge in [-0.3, -0.25) is 9.59 Å². The van der Waals surface area contributed by atoms with Crippen LogP contribution < -0.4 is 15.5 Å². The van der Waals surface area contributed by atoms with Crippen molar-refractivity contribution in [3.63, 3.8) is 0 Å². The summed E-state index contributed by atoms with van der Waals surface area (Å²) in [5, 5.41) is 7.52. The van der Waals surface area contributed by atoms with Crippen molar-refractivity contribution in [2.45, 2.75) is 26.2 Å². The van der Waals surface area contributed by atoms with Crippen molar-refractivity contribution < 1.29 is 23.2 Å². The van der Waals surface area contributed by atoms with Gasteiger partial charge in [0.05, 0.1) is 24.8 Å². The number of nitrogens with one attached hydrogen (secondary N) is 2. The number of amides is 2. The standard InChI is InChI=1S/C22H20ClN3O5/c1-12-19-14(25-26-21(27)18-7-4-10-30-18)5-3-6-17(19)31-20(12)22(28)24-15-11-13(23)8-9-16(15)29-2/h4,7-11H,3,5-6H2,1-2H3,(H,24,28)(H,26,27)/b25-14+. The van der Waals surface area contributed by atoms with Crippen LogP contribution in [0.25, 0.3) is 0 Å². The molecule has 0 saturated carbocycles. The van der Waals surface area contributed by atoms with Gasteiger partial charge in [-0.05, 0) is 50.1 Å². The molecule has 2 N–H and O–H groups in total. The van der Waals surface area contributed by atoms with Gasteiger partial charge in [-0.1, -0.05) is 11.6 Å². The largest absolute Gasteiger partial charge is 0.495 e. The second kappa shape index (κ2) is 8.69. The van der Waals surface area contributed by atoms with Crippen LogP contribution >= 0.6 is 11.6 Å². The number of rotatable bonds is 5. The van der Waals surface area contributed by atoms with Crippen LogP contribution in [-0.4, -0.2) is 24.6 Å². The number of nitrogens with zero attached hydrogens (tertiary/aromatic N) is 1. The van der Waals surface area contributed by atoms with Gasteiger partial charge in [-0.25, -0.2) is 5.43 Å². The molecule has 0 radical (unpaired) electrons. The average Bonchev–Trinajstić information content (AvgIpc) is 3.41. The fourth-order valence-electron chi connectivity index (χ4n) is 3.53. The molecule has 31 heavy (non-hydrogen) atoms. The van der Waals surface area contributed by atoms with E-state index in [-0.39, 0.29) is 11.5 Å². The SMILES string of the molecule is COc1ccc(Cl)cc1NC(=O)c1oc2c(c1C)/C(=N/NC(=O)c1ccco1)CCC2. The number of aryl methyl sites for hydroxylation is 1. The molecule has 9 heteroatoms. The van der Waals surface area contributed by atoms with Crippen LogP contribution in [-0.2, 0) is 6.42 Å². The van der Waals surface area contributed by atoms with Crippen molar-refractivity contribution >= 4 is 34.8 Å². The molecule has 1 aliphatic rings. The average molecular weight is 442 g/mol. The third-order valence-electron chi connectivity index (χ3n) is 4.98. The van der Waals surface area contributed by atoms with Gasteiger partial charge in [-0.2, -0.15) is 5.10 Å². The van der Waals surface area contributed by atoms with E-state index in [2.05, 4.69) is 15.8 Å². The van der Waals surface area contributed by atoms with Gasteiger partial charge in [0.1, 0.15) is 11.5 Å². The number of anilines is 1. The van der Waals surface area contributed by atoms with Gasteiger partial charge in [0.15, 0.2) is 11.5 Å². The van der Waals surface area contributed by atoms with E-state index in [0.717, 1.165) is 12.0 Å². The van der Waals surface area contributed by atoms with Crippen LogP contribution in [0.4, 0.5) is 5.69 Å². The monoisotopic (exact) mass is 441 g/mol. The lowest BCUT2D eigenvalue weighted by atomic mass is 9.93. The molecule has 3 aromatic rings. The summed E-state index contributed by atoms with van der Waals surface area (Å²) < 4.78 is 16.2. The lowest BCUT2D eigenvalue weighted by Crippen LogP contribution is -2.21. The molecule has 2 heterocycles. The minimum Gasteiger partial charge on any atom is -0.495 e. The number of hydrogen-bond acceptors (Lipinski definition) is 6. The third-order valence-corrected chi connectivity index (χ3v) is 5.21. The molecular weight excluding hydrogens is 422 g/mol. The van der Waals surface area contributed by atoms with E-state index in [1.165, 1.54) is 13.4 Å². The maximum atomic E-state index is 12.9. The molecule has 0 atom stereocenters. The van der Waals surface area contributed by atoms with Crippen molar-refractivity contribution in [2.75, 3.05) is 12.4 Å². The lowest BCUT2D eigenvalue weighted by Gasteiger charge is -2.13. The Hall–Kier alpha value is -3.52. The van der Waals surface area contributed by atoms with E-state index in [9.17, 15) is 9.59 Å². The number of carbonyl (C=O) groups is 2. The van der Waals surface area contributed by atoms with Crippen LogP contribution in [0.5, 0.6) is 5.75 Å². The highest BCUT2D eigenvalue weighted by Gasteiger charge is 2.28. The van der Waals surface area contributed by atoms with Gasteiger partial charge >= 0.3 is 5.91 Å². The number of halogens is 1. The summed E-state index contributed by atoms with van der Waals surface area (Å²) in [6.45, 7) is 1.79. The molecule has 0 saturated heterocycles. The molecule has 2 aromatic heterocycles. The van der Waals surface area contributed by atoms with Gasteiger partial charge in [0.2, 0.25) is 0 Å². The Kier molecular flexibility index (Phi) is 5.81. The first kappa shape index (κ1) is 20.7. The summed E-state index contributed by atoms with van der Waals surface area (Å²) in [4.78, 5) is 25.1. The first-order chi connectivity index (χ1) is 15.0. The number of methoxy groups -OCH3 is 1. The van der Waals surface area contributed by atoms with Gasteiger partial charge in [-0.15, -0.1) is 0 Å². The predicted octanol–water partition coefficient (Wildman–Crippen LogP) is 4.57. The molecule has 2 amide bonds. The van der Waals surface area contributed by atoms with Crippen LogP contribution in [0, 0.1) is 6.92 Å². The number of ether oxygens (including phenoxy) is 1. The molecule has 0 unspecified atom stereocenters. The summed E-state index contributed by atoms with van der Waals surface area (Å²) in [5.41, 5.74) is 4.99. The maximum absolute atomic E-state index is 12.9. The third kappa shape index (κ3) is 4.20. The second-order valence-corrected chi connectivity index (χ2v) is 7.42. The molecule has 8 nitrogen and oxygen atoms in total. The molecule has 1 aliphatic carbocycles. The van der Waals surface area contributed by atoms with E-state index in [4.69, 9.17) is 25.2 Å². The number of hydrazone groups is 1. The van der Waals surface area contributed by atoms with Gasteiger partial charge in [0.25, 0.3) is 5.91 Å². The smallest absolute Gasteiger partial charge is 0.307 e. The van der Waals surface area contributed by atoms with E-state index in [1.54, 1.807) is 37.3 Å². The molecule has 0 fully saturated rings. The Morgan fingerprint density at radius 1 is 1.19 bits per heavy atom.